The Balaban J connectivity index is 1.28. The first kappa shape index (κ1) is 26.7. The van der Waals surface area contributed by atoms with Crippen LogP contribution in [0.3, 0.4) is 0 Å². The van der Waals surface area contributed by atoms with E-state index in [-0.39, 0.29) is 17.1 Å². The summed E-state index contributed by atoms with van der Waals surface area (Å²) in [6, 6.07) is 44.3. The molecule has 0 saturated heterocycles. The zero-order valence-electron chi connectivity index (χ0n) is 25.8. The fraction of sp³-hybridized carbons (Fsp3) is 0.0227. The molecule has 7 aromatic carbocycles. The second-order valence-corrected chi connectivity index (χ2v) is 13.1. The van der Waals surface area contributed by atoms with Gasteiger partial charge < -0.3 is 8.98 Å². The molecule has 2 aliphatic rings. The Morgan fingerprint density at radius 3 is 1.78 bits per heavy atom. The zero-order chi connectivity index (χ0) is 32.6. The van der Waals surface area contributed by atoms with Gasteiger partial charge in [0.2, 0.25) is 5.43 Å². The first-order valence-electron chi connectivity index (χ1n) is 16.3. The van der Waals surface area contributed by atoms with Crippen molar-refractivity contribution in [2.24, 2.45) is 0 Å². The molecule has 1 spiro atoms. The summed E-state index contributed by atoms with van der Waals surface area (Å²) in [7, 11) is 0. The highest BCUT2D eigenvalue weighted by Crippen LogP contribution is 2.63. The van der Waals surface area contributed by atoms with Gasteiger partial charge in [-0.2, -0.15) is 0 Å². The molecule has 9 aromatic rings. The minimum atomic E-state index is -0.725. The second kappa shape index (κ2) is 9.18. The summed E-state index contributed by atoms with van der Waals surface area (Å²) in [5.74, 6) is -0.745. The lowest BCUT2D eigenvalue weighted by Gasteiger charge is -2.31. The van der Waals surface area contributed by atoms with E-state index in [2.05, 4.69) is 71.3 Å². The van der Waals surface area contributed by atoms with E-state index in [9.17, 15) is 13.6 Å². The van der Waals surface area contributed by atoms with Gasteiger partial charge >= 0.3 is 0 Å². The molecule has 0 radical (unpaired) electrons. The monoisotopic (exact) mass is 635 g/mol. The van der Waals surface area contributed by atoms with E-state index in [1.807, 2.05) is 36.4 Å². The van der Waals surface area contributed by atoms with Crippen molar-refractivity contribution in [3.05, 3.63) is 184 Å². The van der Waals surface area contributed by atoms with Crippen molar-refractivity contribution in [1.82, 2.24) is 4.57 Å². The molecule has 1 unspecified atom stereocenters. The van der Waals surface area contributed by atoms with Gasteiger partial charge in [0.15, 0.2) is 0 Å². The molecule has 2 aromatic heterocycles. The van der Waals surface area contributed by atoms with Gasteiger partial charge in [-0.1, -0.05) is 66.7 Å². The number of aromatic nitrogens is 1. The maximum absolute atomic E-state index is 14.6. The van der Waals surface area contributed by atoms with Gasteiger partial charge in [0.25, 0.3) is 0 Å². The Labute approximate surface area is 277 Å². The molecule has 0 amide bonds. The standard InChI is InChI=1S/C44H23F2NO2/c45-24-13-17-39-32(19-24)33-20-25(46)14-18-40(33)47(39)26-15-16-29-27-7-1-4-10-35(27)44(37(29)21-26)36-11-5-2-8-28(36)31-23-42-34(22-38(31)44)43(48)30-9-3-6-12-41(30)49-42/h1-23H. The Bertz CT molecular complexity index is 2950. The van der Waals surface area contributed by atoms with E-state index < -0.39 is 5.41 Å². The molecule has 2 aliphatic carbocycles. The van der Waals surface area contributed by atoms with E-state index in [0.29, 0.717) is 32.7 Å². The number of fused-ring (bicyclic) bond motifs is 15. The Kier molecular flexibility index (Phi) is 5.00. The van der Waals surface area contributed by atoms with Gasteiger partial charge in [-0.25, -0.2) is 8.78 Å². The molecule has 0 fully saturated rings. The molecule has 3 nitrogen and oxygen atoms in total. The highest BCUT2D eigenvalue weighted by molar-refractivity contribution is 6.09. The Morgan fingerprint density at radius 1 is 0.469 bits per heavy atom. The molecule has 0 aliphatic heterocycles. The van der Waals surface area contributed by atoms with Gasteiger partial charge in [-0.3, -0.25) is 4.79 Å². The van der Waals surface area contributed by atoms with Crippen molar-refractivity contribution in [1.29, 1.82) is 0 Å². The van der Waals surface area contributed by atoms with E-state index in [1.165, 1.54) is 24.3 Å². The van der Waals surface area contributed by atoms with Crippen LogP contribution in [0.1, 0.15) is 22.3 Å². The van der Waals surface area contributed by atoms with Gasteiger partial charge in [0.05, 0.1) is 27.2 Å². The molecule has 230 valence electrons. The number of para-hydroxylation sites is 1. The molecule has 0 saturated carbocycles. The maximum Gasteiger partial charge on any atom is 0.200 e. The van der Waals surface area contributed by atoms with Crippen LogP contribution in [-0.2, 0) is 5.41 Å². The Hall–Kier alpha value is -6.33. The molecule has 0 N–H and O–H groups in total. The van der Waals surface area contributed by atoms with Crippen LogP contribution in [0.4, 0.5) is 8.78 Å². The third kappa shape index (κ3) is 3.27. The SMILES string of the molecule is O=c1c2ccccc2oc2cc3c(cc12)C1(c2ccccc2-c2ccc(-n4c5ccc(F)cc5c5cc(F)ccc54)cc21)c1ccccc1-3. The summed E-state index contributed by atoms with van der Waals surface area (Å²) < 4.78 is 37.6. The number of hydrogen-bond donors (Lipinski definition) is 0. The van der Waals surface area contributed by atoms with E-state index in [0.717, 1.165) is 61.2 Å². The van der Waals surface area contributed by atoms with Gasteiger partial charge in [-0.15, -0.1) is 0 Å². The van der Waals surface area contributed by atoms with Crippen LogP contribution in [-0.4, -0.2) is 4.57 Å². The van der Waals surface area contributed by atoms with Crippen molar-refractivity contribution >= 4 is 43.7 Å². The number of halogens is 2. The summed E-state index contributed by atoms with van der Waals surface area (Å²) in [5, 5.41) is 2.39. The lowest BCUT2D eigenvalue weighted by molar-refractivity contribution is 0.628. The zero-order valence-corrected chi connectivity index (χ0v) is 25.8. The molecular formula is C44H23F2NO2. The van der Waals surface area contributed by atoms with Crippen molar-refractivity contribution in [2.45, 2.75) is 5.41 Å². The topological polar surface area (TPSA) is 35.1 Å². The highest BCUT2D eigenvalue weighted by Gasteiger charge is 2.52. The van der Waals surface area contributed by atoms with Crippen molar-refractivity contribution in [2.75, 3.05) is 0 Å². The number of hydrogen-bond acceptors (Lipinski definition) is 2. The molecule has 1 atom stereocenters. The normalized spacial score (nSPS) is 15.7. The fourth-order valence-electron chi connectivity index (χ4n) is 8.80. The maximum atomic E-state index is 14.6. The van der Waals surface area contributed by atoms with Crippen molar-refractivity contribution in [3.63, 3.8) is 0 Å². The molecule has 2 heterocycles. The van der Waals surface area contributed by atoms with Crippen LogP contribution in [0.5, 0.6) is 0 Å². The van der Waals surface area contributed by atoms with E-state index in [4.69, 9.17) is 4.42 Å². The molecule has 49 heavy (non-hydrogen) atoms. The van der Waals surface area contributed by atoms with Gasteiger partial charge in [0.1, 0.15) is 22.8 Å². The average molecular weight is 636 g/mol. The molecular weight excluding hydrogens is 612 g/mol. The van der Waals surface area contributed by atoms with Crippen molar-refractivity contribution in [3.8, 4) is 27.9 Å². The number of rotatable bonds is 1. The third-order valence-corrected chi connectivity index (χ3v) is 10.7. The first-order chi connectivity index (χ1) is 24.0. The van der Waals surface area contributed by atoms with Gasteiger partial charge in [-0.05, 0) is 117 Å². The molecule has 5 heteroatoms. The Morgan fingerprint density at radius 2 is 1.06 bits per heavy atom. The first-order valence-corrected chi connectivity index (χ1v) is 16.3. The quantitative estimate of drug-likeness (QED) is 0.168. The lowest BCUT2D eigenvalue weighted by Crippen LogP contribution is -2.26. The summed E-state index contributed by atoms with van der Waals surface area (Å²) in [6.07, 6.45) is 0. The summed E-state index contributed by atoms with van der Waals surface area (Å²) in [6.45, 7) is 0. The fourth-order valence-corrected chi connectivity index (χ4v) is 8.80. The number of benzene rings is 7. The van der Waals surface area contributed by atoms with E-state index in [1.54, 1.807) is 12.1 Å². The average Bonchev–Trinajstić information content (AvgIpc) is 3.71. The smallest absolute Gasteiger partial charge is 0.200 e. The minimum absolute atomic E-state index is 0.0595. The van der Waals surface area contributed by atoms with Crippen LogP contribution in [0.15, 0.2) is 149 Å². The highest BCUT2D eigenvalue weighted by atomic mass is 19.1. The van der Waals surface area contributed by atoms with Crippen LogP contribution in [0, 0.1) is 11.6 Å². The molecule has 11 rings (SSSR count). The van der Waals surface area contributed by atoms with Crippen LogP contribution < -0.4 is 5.43 Å². The minimum Gasteiger partial charge on any atom is -0.456 e. The van der Waals surface area contributed by atoms with E-state index >= 15 is 0 Å². The van der Waals surface area contributed by atoms with Crippen molar-refractivity contribution < 1.29 is 13.2 Å². The predicted octanol–water partition coefficient (Wildman–Crippen LogP) is 10.7. The number of nitrogens with zero attached hydrogens (tertiary/aromatic N) is 1. The predicted molar refractivity (Wildman–Crippen MR) is 191 cm³/mol. The summed E-state index contributed by atoms with van der Waals surface area (Å²) in [4.78, 5) is 14.0. The lowest BCUT2D eigenvalue weighted by atomic mass is 9.70. The van der Waals surface area contributed by atoms with Crippen LogP contribution >= 0.6 is 0 Å². The summed E-state index contributed by atoms with van der Waals surface area (Å²) in [5.41, 5.74) is 11.5. The van der Waals surface area contributed by atoms with Gasteiger partial charge in [0, 0.05) is 16.5 Å². The third-order valence-electron chi connectivity index (χ3n) is 10.7. The van der Waals surface area contributed by atoms with Crippen LogP contribution in [0.25, 0.3) is 71.7 Å². The van der Waals surface area contributed by atoms with Crippen LogP contribution in [0.2, 0.25) is 0 Å². The second-order valence-electron chi connectivity index (χ2n) is 13.1. The molecule has 0 bridgehead atoms. The summed E-state index contributed by atoms with van der Waals surface area (Å²) >= 11 is 0. The largest absolute Gasteiger partial charge is 0.456 e.